The van der Waals surface area contributed by atoms with Gasteiger partial charge in [0.15, 0.2) is 0 Å². The van der Waals surface area contributed by atoms with Crippen LogP contribution in [0.15, 0.2) is 41.8 Å². The van der Waals surface area contributed by atoms with E-state index in [1.54, 1.807) is 29.5 Å². The second kappa shape index (κ2) is 4.23. The first kappa shape index (κ1) is 10.9. The van der Waals surface area contributed by atoms with E-state index in [-0.39, 0.29) is 11.8 Å². The maximum Gasteiger partial charge on any atom is 0.258 e. The molecule has 18 heavy (non-hydrogen) atoms. The van der Waals surface area contributed by atoms with Crippen LogP contribution in [0.25, 0.3) is 11.6 Å². The maximum absolute atomic E-state index is 11.9. The fraction of sp³-hybridized carbons (Fsp3) is 0. The zero-order valence-corrected chi connectivity index (χ0v) is 10.2. The molecule has 1 aromatic carbocycles. The van der Waals surface area contributed by atoms with Gasteiger partial charge in [-0.15, -0.1) is 11.3 Å². The highest BCUT2D eigenvalue weighted by atomic mass is 32.1. The largest absolute Gasteiger partial charge is 0.288 e. The van der Waals surface area contributed by atoms with Gasteiger partial charge in [0, 0.05) is 16.0 Å². The molecule has 2 heterocycles. The zero-order valence-electron chi connectivity index (χ0n) is 9.34. The van der Waals surface area contributed by atoms with Gasteiger partial charge in [-0.1, -0.05) is 24.3 Å². The van der Waals surface area contributed by atoms with Crippen molar-refractivity contribution < 1.29 is 9.59 Å². The standard InChI is InChI=1S/C14H9NO2S/c16-13-11-6-2-1-5-10(11)12(14(17)15-13)8-9-4-3-7-18-9/h1-8H,(H,15,16,17)/b12-8+. The number of rotatable bonds is 1. The van der Waals surface area contributed by atoms with E-state index in [2.05, 4.69) is 5.32 Å². The van der Waals surface area contributed by atoms with Gasteiger partial charge in [0.1, 0.15) is 0 Å². The third-order valence-electron chi connectivity index (χ3n) is 2.76. The summed E-state index contributed by atoms with van der Waals surface area (Å²) in [4.78, 5) is 24.6. The molecule has 0 bridgehead atoms. The van der Waals surface area contributed by atoms with E-state index in [4.69, 9.17) is 0 Å². The SMILES string of the molecule is O=C1NC(=O)c2ccccc2/C1=C\c1cccs1. The number of imide groups is 1. The van der Waals surface area contributed by atoms with Crippen LogP contribution in [0.3, 0.4) is 0 Å². The molecule has 0 atom stereocenters. The van der Waals surface area contributed by atoms with Crippen molar-refractivity contribution in [3.63, 3.8) is 0 Å². The number of hydrogen-bond donors (Lipinski definition) is 1. The molecule has 0 saturated heterocycles. The number of carbonyl (C=O) groups is 2. The Kier molecular flexibility index (Phi) is 2.57. The molecule has 0 aliphatic carbocycles. The Morgan fingerprint density at radius 1 is 0.944 bits per heavy atom. The number of benzene rings is 1. The van der Waals surface area contributed by atoms with E-state index in [9.17, 15) is 9.59 Å². The molecule has 0 unspecified atom stereocenters. The molecule has 0 saturated carbocycles. The fourth-order valence-electron chi connectivity index (χ4n) is 1.94. The van der Waals surface area contributed by atoms with Gasteiger partial charge in [0.05, 0.1) is 0 Å². The molecule has 3 rings (SSSR count). The number of thiophene rings is 1. The average molecular weight is 255 g/mol. The lowest BCUT2D eigenvalue weighted by atomic mass is 9.94. The topological polar surface area (TPSA) is 46.2 Å². The highest BCUT2D eigenvalue weighted by molar-refractivity contribution is 7.11. The van der Waals surface area contributed by atoms with Crippen molar-refractivity contribution >= 4 is 34.8 Å². The van der Waals surface area contributed by atoms with E-state index in [0.29, 0.717) is 16.7 Å². The number of carbonyl (C=O) groups excluding carboxylic acids is 2. The Balaban J connectivity index is 2.18. The van der Waals surface area contributed by atoms with Gasteiger partial charge in [-0.25, -0.2) is 0 Å². The Morgan fingerprint density at radius 2 is 1.72 bits per heavy atom. The van der Waals surface area contributed by atoms with Crippen LogP contribution in [-0.2, 0) is 4.79 Å². The molecule has 1 aromatic heterocycles. The summed E-state index contributed by atoms with van der Waals surface area (Å²) in [5.41, 5.74) is 1.77. The lowest BCUT2D eigenvalue weighted by Gasteiger charge is -2.17. The summed E-state index contributed by atoms with van der Waals surface area (Å²) < 4.78 is 0. The van der Waals surface area contributed by atoms with Crippen LogP contribution in [0.1, 0.15) is 20.8 Å². The maximum atomic E-state index is 11.9. The van der Waals surface area contributed by atoms with Crippen LogP contribution in [-0.4, -0.2) is 11.8 Å². The predicted octanol–water partition coefficient (Wildman–Crippen LogP) is 2.56. The smallest absolute Gasteiger partial charge is 0.258 e. The minimum absolute atomic E-state index is 0.334. The monoisotopic (exact) mass is 255 g/mol. The summed E-state index contributed by atoms with van der Waals surface area (Å²) in [6.07, 6.45) is 1.81. The van der Waals surface area contributed by atoms with Crippen molar-refractivity contribution in [3.05, 3.63) is 57.8 Å². The molecule has 88 valence electrons. The number of amides is 2. The predicted molar refractivity (Wildman–Crippen MR) is 71.1 cm³/mol. The van der Waals surface area contributed by atoms with Crippen LogP contribution in [0.5, 0.6) is 0 Å². The first-order valence-corrected chi connectivity index (χ1v) is 6.34. The Labute approximate surface area is 108 Å². The van der Waals surface area contributed by atoms with Gasteiger partial charge in [-0.3, -0.25) is 14.9 Å². The van der Waals surface area contributed by atoms with Crippen molar-refractivity contribution in [2.24, 2.45) is 0 Å². The molecule has 1 aliphatic heterocycles. The van der Waals surface area contributed by atoms with Gasteiger partial charge in [0.25, 0.3) is 11.8 Å². The van der Waals surface area contributed by atoms with Crippen molar-refractivity contribution in [1.29, 1.82) is 0 Å². The van der Waals surface area contributed by atoms with E-state index in [0.717, 1.165) is 4.88 Å². The average Bonchev–Trinajstić information content (AvgIpc) is 2.87. The van der Waals surface area contributed by atoms with Crippen LogP contribution in [0.4, 0.5) is 0 Å². The lowest BCUT2D eigenvalue weighted by molar-refractivity contribution is -0.114. The molecular formula is C14H9NO2S. The number of nitrogens with one attached hydrogen (secondary N) is 1. The summed E-state index contributed by atoms with van der Waals surface area (Å²) in [7, 11) is 0. The minimum atomic E-state index is -0.341. The van der Waals surface area contributed by atoms with Crippen LogP contribution in [0, 0.1) is 0 Å². The van der Waals surface area contributed by atoms with Crippen LogP contribution >= 0.6 is 11.3 Å². The van der Waals surface area contributed by atoms with Crippen molar-refractivity contribution in [2.45, 2.75) is 0 Å². The summed E-state index contributed by atoms with van der Waals surface area (Å²) in [6, 6.07) is 11.0. The van der Waals surface area contributed by atoms with E-state index in [1.807, 2.05) is 29.7 Å². The van der Waals surface area contributed by atoms with Gasteiger partial charge >= 0.3 is 0 Å². The van der Waals surface area contributed by atoms with Crippen molar-refractivity contribution in [3.8, 4) is 0 Å². The molecule has 1 aliphatic rings. The summed E-state index contributed by atoms with van der Waals surface area (Å²) >= 11 is 1.55. The molecule has 2 amide bonds. The number of hydrogen-bond acceptors (Lipinski definition) is 3. The van der Waals surface area contributed by atoms with Gasteiger partial charge < -0.3 is 0 Å². The molecule has 0 spiro atoms. The second-order valence-corrected chi connectivity index (χ2v) is 4.88. The lowest BCUT2D eigenvalue weighted by Crippen LogP contribution is -2.36. The van der Waals surface area contributed by atoms with Gasteiger partial charge in [-0.2, -0.15) is 0 Å². The molecule has 4 heteroatoms. The van der Waals surface area contributed by atoms with E-state index in [1.165, 1.54) is 0 Å². The van der Waals surface area contributed by atoms with Crippen LogP contribution in [0.2, 0.25) is 0 Å². The Morgan fingerprint density at radius 3 is 2.44 bits per heavy atom. The Hall–Kier alpha value is -2.20. The van der Waals surface area contributed by atoms with Crippen molar-refractivity contribution in [2.75, 3.05) is 0 Å². The molecule has 2 aromatic rings. The quantitative estimate of drug-likeness (QED) is 0.628. The summed E-state index contributed by atoms with van der Waals surface area (Å²) in [5.74, 6) is -0.675. The normalized spacial score (nSPS) is 16.6. The summed E-state index contributed by atoms with van der Waals surface area (Å²) in [5, 5.41) is 4.31. The second-order valence-electron chi connectivity index (χ2n) is 3.90. The van der Waals surface area contributed by atoms with E-state index >= 15 is 0 Å². The Bertz CT molecular complexity index is 656. The van der Waals surface area contributed by atoms with Crippen molar-refractivity contribution in [1.82, 2.24) is 5.32 Å². The molecule has 1 N–H and O–H groups in total. The van der Waals surface area contributed by atoms with Gasteiger partial charge in [0.2, 0.25) is 0 Å². The third-order valence-corrected chi connectivity index (χ3v) is 3.58. The molecule has 0 fully saturated rings. The zero-order chi connectivity index (χ0) is 12.5. The first-order valence-electron chi connectivity index (χ1n) is 5.46. The molecular weight excluding hydrogens is 246 g/mol. The van der Waals surface area contributed by atoms with E-state index < -0.39 is 0 Å². The fourth-order valence-corrected chi connectivity index (χ4v) is 2.59. The number of fused-ring (bicyclic) bond motifs is 1. The highest BCUT2D eigenvalue weighted by Crippen LogP contribution is 2.26. The minimum Gasteiger partial charge on any atom is -0.288 e. The first-order chi connectivity index (χ1) is 8.75. The molecule has 0 radical (unpaired) electrons. The molecule has 3 nitrogen and oxygen atoms in total. The van der Waals surface area contributed by atoms with Crippen LogP contribution < -0.4 is 5.32 Å². The third kappa shape index (κ3) is 1.76. The summed E-state index contributed by atoms with van der Waals surface area (Å²) in [6.45, 7) is 0. The van der Waals surface area contributed by atoms with Gasteiger partial charge in [-0.05, 0) is 29.2 Å². The highest BCUT2D eigenvalue weighted by Gasteiger charge is 2.26.